The molecule has 1 atom stereocenters. The summed E-state index contributed by atoms with van der Waals surface area (Å²) >= 11 is 3.39. The van der Waals surface area contributed by atoms with Crippen LogP contribution >= 0.6 is 15.9 Å². The van der Waals surface area contributed by atoms with Gasteiger partial charge >= 0.3 is 0 Å². The smallest absolute Gasteiger partial charge is 0.251 e. The summed E-state index contributed by atoms with van der Waals surface area (Å²) in [6, 6.07) is -0.152. The minimum Gasteiger partial charge on any atom is -0.379 e. The number of hydrogen-bond donors (Lipinski definition) is 0. The van der Waals surface area contributed by atoms with Gasteiger partial charge in [-0.15, -0.1) is 0 Å². The topological polar surface area (TPSA) is 45.1 Å². The van der Waals surface area contributed by atoms with Crippen LogP contribution in [0.15, 0.2) is 27.8 Å². The van der Waals surface area contributed by atoms with Crippen molar-refractivity contribution in [2.45, 2.75) is 6.04 Å². The zero-order valence-corrected chi connectivity index (χ0v) is 11.5. The first kappa shape index (κ1) is 12.1. The predicted molar refractivity (Wildman–Crippen MR) is 71.5 cm³/mol. The van der Waals surface area contributed by atoms with E-state index in [4.69, 9.17) is 4.74 Å². The third-order valence-electron chi connectivity index (χ3n) is 3.33. The van der Waals surface area contributed by atoms with E-state index in [0.717, 1.165) is 23.4 Å². The summed E-state index contributed by atoms with van der Waals surface area (Å²) < 4.78 is 6.20. The van der Waals surface area contributed by atoms with Crippen molar-refractivity contribution in [3.8, 4) is 0 Å². The van der Waals surface area contributed by atoms with Crippen LogP contribution < -0.4 is 0 Å². The highest BCUT2D eigenvalue weighted by molar-refractivity contribution is 9.11. The van der Waals surface area contributed by atoms with Gasteiger partial charge in [-0.05, 0) is 28.1 Å². The summed E-state index contributed by atoms with van der Waals surface area (Å²) in [5.41, 5.74) is 0. The number of halogens is 1. The van der Waals surface area contributed by atoms with Gasteiger partial charge in [0.05, 0.1) is 19.8 Å². The molecule has 96 valence electrons. The van der Waals surface area contributed by atoms with Crippen molar-refractivity contribution in [1.29, 1.82) is 0 Å². The maximum absolute atomic E-state index is 12.5. The molecule has 3 aliphatic heterocycles. The maximum Gasteiger partial charge on any atom is 0.251 e. The van der Waals surface area contributed by atoms with Crippen molar-refractivity contribution in [1.82, 2.24) is 9.80 Å². The highest BCUT2D eigenvalue weighted by atomic mass is 79.9. The molecule has 6 heteroatoms. The fourth-order valence-corrected chi connectivity index (χ4v) is 2.69. The van der Waals surface area contributed by atoms with Crippen molar-refractivity contribution in [2.75, 3.05) is 32.8 Å². The molecule has 0 saturated carbocycles. The Morgan fingerprint density at radius 1 is 1.33 bits per heavy atom. The number of fused-ring (bicyclic) bond motifs is 1. The molecule has 0 N–H and O–H groups in total. The first-order valence-electron chi connectivity index (χ1n) is 6.00. The molecule has 1 amide bonds. The van der Waals surface area contributed by atoms with Crippen molar-refractivity contribution < 1.29 is 9.53 Å². The normalized spacial score (nSPS) is 28.8. The second-order valence-corrected chi connectivity index (χ2v) is 5.33. The molecule has 0 aliphatic carbocycles. The van der Waals surface area contributed by atoms with Gasteiger partial charge in [0.25, 0.3) is 5.91 Å². The number of allylic oxidation sites excluding steroid dienone is 2. The standard InChI is InChI=1S/C12H14BrN3O2/c13-9-1-2-11-14-7-10(12(17)16(11)8-9)15-3-5-18-6-4-15/h1-2,8,10H,3-7H2. The summed E-state index contributed by atoms with van der Waals surface area (Å²) in [5.74, 6) is 0.830. The Morgan fingerprint density at radius 3 is 2.89 bits per heavy atom. The van der Waals surface area contributed by atoms with Crippen LogP contribution in [0.25, 0.3) is 0 Å². The molecule has 3 rings (SSSR count). The molecule has 0 aromatic rings. The largest absolute Gasteiger partial charge is 0.379 e. The number of morpholine rings is 1. The average molecular weight is 312 g/mol. The molecule has 3 aliphatic rings. The maximum atomic E-state index is 12.5. The first-order chi connectivity index (χ1) is 8.75. The van der Waals surface area contributed by atoms with Crippen LogP contribution in [0.3, 0.4) is 0 Å². The number of amides is 1. The van der Waals surface area contributed by atoms with E-state index in [0.29, 0.717) is 19.8 Å². The van der Waals surface area contributed by atoms with E-state index in [-0.39, 0.29) is 11.9 Å². The Hall–Kier alpha value is -0.980. The molecule has 0 aromatic carbocycles. The molecule has 1 fully saturated rings. The van der Waals surface area contributed by atoms with Crippen LogP contribution in [-0.2, 0) is 9.53 Å². The Morgan fingerprint density at radius 2 is 2.11 bits per heavy atom. The summed E-state index contributed by atoms with van der Waals surface area (Å²) in [5, 5.41) is 0. The van der Waals surface area contributed by atoms with E-state index in [9.17, 15) is 4.79 Å². The van der Waals surface area contributed by atoms with E-state index < -0.39 is 0 Å². The van der Waals surface area contributed by atoms with E-state index in [1.165, 1.54) is 0 Å². The van der Waals surface area contributed by atoms with Gasteiger partial charge in [-0.3, -0.25) is 19.6 Å². The fourth-order valence-electron chi connectivity index (χ4n) is 2.35. The predicted octanol–water partition coefficient (Wildman–Crippen LogP) is 0.734. The molecule has 1 saturated heterocycles. The van der Waals surface area contributed by atoms with Gasteiger partial charge in [0.15, 0.2) is 0 Å². The molecular weight excluding hydrogens is 298 g/mol. The summed E-state index contributed by atoms with van der Waals surface area (Å²) in [6.07, 6.45) is 5.54. The molecular formula is C12H14BrN3O2. The first-order valence-corrected chi connectivity index (χ1v) is 6.80. The Kier molecular flexibility index (Phi) is 3.32. The molecule has 3 heterocycles. The van der Waals surface area contributed by atoms with E-state index in [1.807, 2.05) is 12.2 Å². The molecule has 5 nitrogen and oxygen atoms in total. The van der Waals surface area contributed by atoms with Crippen LogP contribution in [0.4, 0.5) is 0 Å². The van der Waals surface area contributed by atoms with Crippen LogP contribution in [0.1, 0.15) is 0 Å². The third kappa shape index (κ3) is 2.15. The zero-order chi connectivity index (χ0) is 12.5. The summed E-state index contributed by atoms with van der Waals surface area (Å²) in [7, 11) is 0. The minimum absolute atomic E-state index is 0.100. The molecule has 1 unspecified atom stereocenters. The summed E-state index contributed by atoms with van der Waals surface area (Å²) in [4.78, 5) is 20.7. The Balaban J connectivity index is 1.81. The van der Waals surface area contributed by atoms with E-state index >= 15 is 0 Å². The number of nitrogens with zero attached hydrogens (tertiary/aromatic N) is 3. The highest BCUT2D eigenvalue weighted by Crippen LogP contribution is 2.21. The number of hydrogen-bond acceptors (Lipinski definition) is 4. The quantitative estimate of drug-likeness (QED) is 0.717. The second-order valence-electron chi connectivity index (χ2n) is 4.42. The summed E-state index contributed by atoms with van der Waals surface area (Å²) in [6.45, 7) is 3.53. The van der Waals surface area contributed by atoms with Crippen molar-refractivity contribution in [2.24, 2.45) is 4.99 Å². The number of amidine groups is 1. The number of carbonyl (C=O) groups excluding carboxylic acids is 1. The van der Waals surface area contributed by atoms with Crippen LogP contribution in [0, 0.1) is 0 Å². The van der Waals surface area contributed by atoms with Crippen molar-refractivity contribution >= 4 is 27.7 Å². The molecule has 0 aromatic heterocycles. The number of aliphatic imine (C=N–C) groups is 1. The SMILES string of the molecule is O=C1C(N2CCOCC2)CN=C2C=CC(Br)=CN12. The average Bonchev–Trinajstić information content (AvgIpc) is 2.41. The van der Waals surface area contributed by atoms with Gasteiger partial charge in [-0.1, -0.05) is 0 Å². The van der Waals surface area contributed by atoms with Crippen LogP contribution in [0.5, 0.6) is 0 Å². The van der Waals surface area contributed by atoms with Gasteiger partial charge in [-0.2, -0.15) is 0 Å². The van der Waals surface area contributed by atoms with Crippen molar-refractivity contribution in [3.05, 3.63) is 22.8 Å². The molecule has 18 heavy (non-hydrogen) atoms. The van der Waals surface area contributed by atoms with Gasteiger partial charge in [0.1, 0.15) is 11.9 Å². The second kappa shape index (κ2) is 4.95. The van der Waals surface area contributed by atoms with Crippen LogP contribution in [-0.4, -0.2) is 60.4 Å². The van der Waals surface area contributed by atoms with Gasteiger partial charge in [0, 0.05) is 23.8 Å². The highest BCUT2D eigenvalue weighted by Gasteiger charge is 2.35. The molecule has 0 bridgehead atoms. The fraction of sp³-hybridized carbons (Fsp3) is 0.500. The van der Waals surface area contributed by atoms with Crippen molar-refractivity contribution in [3.63, 3.8) is 0 Å². The monoisotopic (exact) mass is 311 g/mol. The van der Waals surface area contributed by atoms with E-state index in [1.54, 1.807) is 11.1 Å². The molecule has 0 radical (unpaired) electrons. The number of rotatable bonds is 1. The number of ether oxygens (including phenoxy) is 1. The zero-order valence-electron chi connectivity index (χ0n) is 9.88. The van der Waals surface area contributed by atoms with E-state index in [2.05, 4.69) is 25.8 Å². The van der Waals surface area contributed by atoms with Gasteiger partial charge in [0.2, 0.25) is 0 Å². The lowest BCUT2D eigenvalue weighted by Gasteiger charge is -2.38. The third-order valence-corrected chi connectivity index (χ3v) is 3.80. The lowest BCUT2D eigenvalue weighted by Crippen LogP contribution is -2.56. The Labute approximate surface area is 114 Å². The number of carbonyl (C=O) groups is 1. The Bertz CT molecular complexity index is 452. The van der Waals surface area contributed by atoms with Gasteiger partial charge in [-0.25, -0.2) is 0 Å². The lowest BCUT2D eigenvalue weighted by molar-refractivity contribution is -0.133. The minimum atomic E-state index is -0.152. The molecule has 0 spiro atoms. The van der Waals surface area contributed by atoms with Gasteiger partial charge < -0.3 is 4.74 Å². The lowest BCUT2D eigenvalue weighted by atomic mass is 10.1. The van der Waals surface area contributed by atoms with Crippen LogP contribution in [0.2, 0.25) is 0 Å².